The smallest absolute Gasteiger partial charge is 0.320 e. The molecule has 34 heavy (non-hydrogen) atoms. The van der Waals surface area contributed by atoms with Crippen LogP contribution < -0.4 is 14.8 Å². The first-order chi connectivity index (χ1) is 16.2. The van der Waals surface area contributed by atoms with Crippen LogP contribution in [0.1, 0.15) is 38.1 Å². The first kappa shape index (κ1) is 23.4. The molecule has 10 heteroatoms. The number of rotatable bonds is 8. The van der Waals surface area contributed by atoms with Crippen molar-refractivity contribution in [1.82, 2.24) is 24.7 Å². The number of aromatic nitrogens is 5. The summed E-state index contributed by atoms with van der Waals surface area (Å²) in [6.45, 7) is 7.60. The Morgan fingerprint density at radius 3 is 2.50 bits per heavy atom. The molecule has 178 valence electrons. The van der Waals surface area contributed by atoms with Crippen molar-refractivity contribution < 1.29 is 19.7 Å². The highest BCUT2D eigenvalue weighted by Gasteiger charge is 2.23. The minimum atomic E-state index is -2.39. The van der Waals surface area contributed by atoms with Gasteiger partial charge < -0.3 is 25.0 Å². The van der Waals surface area contributed by atoms with Gasteiger partial charge in [-0.05, 0) is 45.0 Å². The second-order valence-electron chi connectivity index (χ2n) is 8.29. The number of nitrogens with one attached hydrogen (secondary N) is 1. The van der Waals surface area contributed by atoms with E-state index in [1.54, 1.807) is 25.4 Å². The van der Waals surface area contributed by atoms with E-state index in [4.69, 9.17) is 19.6 Å². The molecule has 0 spiro atoms. The van der Waals surface area contributed by atoms with Crippen LogP contribution in [0.15, 0.2) is 42.7 Å². The predicted octanol–water partition coefficient (Wildman–Crippen LogP) is 3.44. The third kappa shape index (κ3) is 4.78. The third-order valence-electron chi connectivity index (χ3n) is 5.16. The molecule has 0 saturated carbocycles. The van der Waals surface area contributed by atoms with Gasteiger partial charge in [0, 0.05) is 37.5 Å². The average molecular weight is 465 g/mol. The normalized spacial score (nSPS) is 11.8. The van der Waals surface area contributed by atoms with E-state index < -0.39 is 5.97 Å². The molecule has 0 aliphatic rings. The van der Waals surface area contributed by atoms with Crippen LogP contribution in [0.25, 0.3) is 22.3 Å². The van der Waals surface area contributed by atoms with Crippen LogP contribution in [-0.2, 0) is 6.54 Å². The summed E-state index contributed by atoms with van der Waals surface area (Å²) in [5.74, 6) is -1.79. The van der Waals surface area contributed by atoms with Gasteiger partial charge >= 0.3 is 5.97 Å². The van der Waals surface area contributed by atoms with Crippen molar-refractivity contribution in [3.8, 4) is 23.0 Å². The van der Waals surface area contributed by atoms with Crippen molar-refractivity contribution in [2.45, 2.75) is 46.3 Å². The molecule has 4 aromatic heterocycles. The Bertz CT molecular complexity index is 1310. The van der Waals surface area contributed by atoms with E-state index in [1.807, 2.05) is 29.8 Å². The number of aryl methyl sites for hydroxylation is 1. The summed E-state index contributed by atoms with van der Waals surface area (Å²) in [5, 5.41) is 27.7. The van der Waals surface area contributed by atoms with Gasteiger partial charge in [-0.15, -0.1) is 0 Å². The molecule has 4 rings (SSSR count). The topological polar surface area (TPSA) is 127 Å². The van der Waals surface area contributed by atoms with Gasteiger partial charge in [0.15, 0.2) is 0 Å². The minimum absolute atomic E-state index is 0.0515. The van der Waals surface area contributed by atoms with E-state index in [0.717, 1.165) is 34.9 Å². The molecule has 0 amide bonds. The van der Waals surface area contributed by atoms with E-state index in [-0.39, 0.29) is 11.9 Å². The van der Waals surface area contributed by atoms with Crippen LogP contribution in [0.4, 0.5) is 5.69 Å². The zero-order valence-electron chi connectivity index (χ0n) is 19.8. The lowest BCUT2D eigenvalue weighted by atomic mass is 10.1. The first-order valence-electron chi connectivity index (χ1n) is 10.9. The standard InChI is InChI=1S/C24H28N6O4/c1-14(2)30-21-19(27-13-16-8-6-10-25-22(16)33-5)12-18(28-20(21)15(3)29-30)17-9-7-11-26-23(17)34-24(4,31)32/h6-12,14,31-32H,13H2,1-5H3,(H,27,28). The Morgan fingerprint density at radius 1 is 1.12 bits per heavy atom. The molecule has 0 aliphatic carbocycles. The highest BCUT2D eigenvalue weighted by atomic mass is 16.8. The zero-order chi connectivity index (χ0) is 24.5. The summed E-state index contributed by atoms with van der Waals surface area (Å²) in [6, 6.07) is 9.28. The largest absolute Gasteiger partial charge is 0.481 e. The van der Waals surface area contributed by atoms with Crippen LogP contribution in [0.5, 0.6) is 11.8 Å². The molecule has 0 radical (unpaired) electrons. The Labute approximate surface area is 197 Å². The highest BCUT2D eigenvalue weighted by molar-refractivity contribution is 5.93. The van der Waals surface area contributed by atoms with Crippen molar-refractivity contribution in [2.24, 2.45) is 0 Å². The van der Waals surface area contributed by atoms with Crippen LogP contribution >= 0.6 is 0 Å². The molecule has 0 saturated heterocycles. The number of fused-ring (bicyclic) bond motifs is 1. The lowest BCUT2D eigenvalue weighted by molar-refractivity contribution is -0.279. The fourth-order valence-electron chi connectivity index (χ4n) is 3.71. The molecule has 0 bridgehead atoms. The highest BCUT2D eigenvalue weighted by Crippen LogP contribution is 2.35. The number of pyridine rings is 3. The molecular weight excluding hydrogens is 436 g/mol. The number of anilines is 1. The number of ether oxygens (including phenoxy) is 2. The van der Waals surface area contributed by atoms with E-state index in [2.05, 4.69) is 29.1 Å². The maximum atomic E-state index is 9.77. The molecule has 3 N–H and O–H groups in total. The summed E-state index contributed by atoms with van der Waals surface area (Å²) in [6.07, 6.45) is 3.20. The molecular formula is C24H28N6O4. The SMILES string of the molecule is COc1ncccc1CNc1cc(-c2cccnc2OC(C)(O)O)nc2c(C)nn(C(C)C)c12. The molecule has 4 aromatic rings. The van der Waals surface area contributed by atoms with Gasteiger partial charge in [0.1, 0.15) is 11.0 Å². The molecule has 0 aromatic carbocycles. The Hall–Kier alpha value is -3.76. The van der Waals surface area contributed by atoms with Gasteiger partial charge in [-0.25, -0.2) is 15.0 Å². The molecule has 0 unspecified atom stereocenters. The first-order valence-corrected chi connectivity index (χ1v) is 10.9. The quantitative estimate of drug-likeness (QED) is 0.336. The predicted molar refractivity (Wildman–Crippen MR) is 127 cm³/mol. The lowest BCUT2D eigenvalue weighted by Gasteiger charge is -2.19. The van der Waals surface area contributed by atoms with Crippen LogP contribution in [0.3, 0.4) is 0 Å². The fraction of sp³-hybridized carbons (Fsp3) is 0.333. The van der Waals surface area contributed by atoms with Crippen LogP contribution in [0, 0.1) is 6.92 Å². The van der Waals surface area contributed by atoms with E-state index in [1.165, 1.54) is 6.20 Å². The number of aliphatic hydroxyl groups is 2. The second kappa shape index (κ2) is 9.24. The van der Waals surface area contributed by atoms with Crippen LogP contribution in [-0.4, -0.2) is 48.0 Å². The lowest BCUT2D eigenvalue weighted by Crippen LogP contribution is -2.31. The summed E-state index contributed by atoms with van der Waals surface area (Å²) < 4.78 is 12.6. The van der Waals surface area contributed by atoms with Crippen molar-refractivity contribution in [2.75, 3.05) is 12.4 Å². The van der Waals surface area contributed by atoms with Crippen molar-refractivity contribution in [3.63, 3.8) is 0 Å². The maximum Gasteiger partial charge on any atom is 0.320 e. The van der Waals surface area contributed by atoms with Crippen molar-refractivity contribution in [1.29, 1.82) is 0 Å². The Kier molecular flexibility index (Phi) is 6.36. The van der Waals surface area contributed by atoms with Gasteiger partial charge in [-0.3, -0.25) is 4.68 Å². The summed E-state index contributed by atoms with van der Waals surface area (Å²) >= 11 is 0. The number of hydrogen-bond acceptors (Lipinski definition) is 9. The maximum absolute atomic E-state index is 9.77. The van der Waals surface area contributed by atoms with Gasteiger partial charge in [-0.2, -0.15) is 5.10 Å². The van der Waals surface area contributed by atoms with Gasteiger partial charge in [0.05, 0.1) is 29.7 Å². The third-order valence-corrected chi connectivity index (χ3v) is 5.16. The molecule has 0 aliphatic heterocycles. The zero-order valence-corrected chi connectivity index (χ0v) is 19.8. The number of nitrogens with zero attached hydrogens (tertiary/aromatic N) is 5. The Balaban J connectivity index is 1.86. The van der Waals surface area contributed by atoms with Crippen molar-refractivity contribution in [3.05, 3.63) is 54.0 Å². The Morgan fingerprint density at radius 2 is 1.82 bits per heavy atom. The second-order valence-corrected chi connectivity index (χ2v) is 8.29. The number of hydrogen-bond donors (Lipinski definition) is 3. The molecule has 0 atom stereocenters. The van der Waals surface area contributed by atoms with Gasteiger partial charge in [0.25, 0.3) is 0 Å². The molecule has 10 nitrogen and oxygen atoms in total. The van der Waals surface area contributed by atoms with Gasteiger partial charge in [-0.1, -0.05) is 6.07 Å². The van der Waals surface area contributed by atoms with Crippen molar-refractivity contribution >= 4 is 16.7 Å². The summed E-state index contributed by atoms with van der Waals surface area (Å²) in [5.41, 5.74) is 5.10. The minimum Gasteiger partial charge on any atom is -0.481 e. The fourth-order valence-corrected chi connectivity index (χ4v) is 3.71. The van der Waals surface area contributed by atoms with E-state index in [0.29, 0.717) is 23.7 Å². The molecule has 4 heterocycles. The summed E-state index contributed by atoms with van der Waals surface area (Å²) in [7, 11) is 1.59. The number of methoxy groups -OCH3 is 1. The monoisotopic (exact) mass is 464 g/mol. The van der Waals surface area contributed by atoms with E-state index >= 15 is 0 Å². The van der Waals surface area contributed by atoms with E-state index in [9.17, 15) is 10.2 Å². The summed E-state index contributed by atoms with van der Waals surface area (Å²) in [4.78, 5) is 13.3. The van der Waals surface area contributed by atoms with Crippen LogP contribution in [0.2, 0.25) is 0 Å². The van der Waals surface area contributed by atoms with Gasteiger partial charge in [0.2, 0.25) is 11.8 Å². The molecule has 0 fully saturated rings. The average Bonchev–Trinajstić information content (AvgIpc) is 3.14.